The van der Waals surface area contributed by atoms with E-state index in [1.54, 1.807) is 13.8 Å². The lowest BCUT2D eigenvalue weighted by atomic mass is 10.1. The fraction of sp³-hybridized carbons (Fsp3) is 0.350. The highest BCUT2D eigenvalue weighted by molar-refractivity contribution is 9.10. The van der Waals surface area contributed by atoms with Gasteiger partial charge in [0.2, 0.25) is 5.78 Å². The zero-order chi connectivity index (χ0) is 20.3. The molecular formula is C20H22BrNO4S. The normalized spacial score (nSPS) is 10.7. The van der Waals surface area contributed by atoms with E-state index < -0.39 is 5.97 Å². The first-order valence-electron chi connectivity index (χ1n) is 8.40. The van der Waals surface area contributed by atoms with Crippen LogP contribution in [0, 0.1) is 27.7 Å². The molecule has 5 nitrogen and oxygen atoms in total. The number of rotatable bonds is 7. The molecule has 0 bridgehead atoms. The molecule has 0 fully saturated rings. The monoisotopic (exact) mass is 451 g/mol. The highest BCUT2D eigenvalue weighted by atomic mass is 79.9. The number of hydrogen-bond donors (Lipinski definition) is 1. The molecule has 0 spiro atoms. The highest BCUT2D eigenvalue weighted by Gasteiger charge is 2.20. The number of Topliss-reactive ketones (excluding diaryl/α,β-unsaturated/α-hetero) is 2. The van der Waals surface area contributed by atoms with E-state index in [-0.39, 0.29) is 23.9 Å². The molecule has 144 valence electrons. The largest absolute Gasteiger partial charge is 0.457 e. The summed E-state index contributed by atoms with van der Waals surface area (Å²) in [6.45, 7) is 8.52. The maximum absolute atomic E-state index is 12.3. The van der Waals surface area contributed by atoms with Crippen LogP contribution in [-0.4, -0.2) is 34.9 Å². The molecule has 0 atom stereocenters. The summed E-state index contributed by atoms with van der Waals surface area (Å²) < 4.78 is 6.14. The first kappa shape index (κ1) is 21.4. The number of carbonyl (C=O) groups is 3. The summed E-state index contributed by atoms with van der Waals surface area (Å²) in [5.74, 6) is -0.789. The van der Waals surface area contributed by atoms with Crippen LogP contribution in [0.4, 0.5) is 0 Å². The Morgan fingerprint density at radius 1 is 1.11 bits per heavy atom. The second kappa shape index (κ2) is 8.89. The van der Waals surface area contributed by atoms with Crippen molar-refractivity contribution >= 4 is 45.2 Å². The van der Waals surface area contributed by atoms with Gasteiger partial charge in [0.1, 0.15) is 0 Å². The first-order chi connectivity index (χ1) is 12.6. The number of ether oxygens (including phenoxy) is 1. The summed E-state index contributed by atoms with van der Waals surface area (Å²) in [5, 5.41) is 0. The van der Waals surface area contributed by atoms with E-state index in [0.717, 1.165) is 20.5 Å². The molecule has 1 aromatic carbocycles. The average molecular weight is 452 g/mol. The van der Waals surface area contributed by atoms with Crippen LogP contribution in [0.25, 0.3) is 0 Å². The van der Waals surface area contributed by atoms with Crippen molar-refractivity contribution in [2.75, 3.05) is 12.4 Å². The fourth-order valence-corrected chi connectivity index (χ4v) is 4.22. The molecule has 0 radical (unpaired) electrons. The van der Waals surface area contributed by atoms with Crippen LogP contribution in [0.1, 0.15) is 50.2 Å². The lowest BCUT2D eigenvalue weighted by molar-refractivity contribution is -0.139. The van der Waals surface area contributed by atoms with Crippen molar-refractivity contribution in [1.29, 1.82) is 0 Å². The molecule has 0 saturated heterocycles. The zero-order valence-electron chi connectivity index (χ0n) is 16.0. The van der Waals surface area contributed by atoms with Gasteiger partial charge in [-0.2, -0.15) is 0 Å². The number of halogens is 1. The van der Waals surface area contributed by atoms with E-state index in [1.807, 2.05) is 26.0 Å². The number of benzene rings is 1. The van der Waals surface area contributed by atoms with Crippen molar-refractivity contribution in [2.24, 2.45) is 0 Å². The average Bonchev–Trinajstić information content (AvgIpc) is 2.89. The van der Waals surface area contributed by atoms with Crippen LogP contribution in [0.3, 0.4) is 0 Å². The van der Waals surface area contributed by atoms with Gasteiger partial charge in [-0.25, -0.2) is 0 Å². The van der Waals surface area contributed by atoms with Gasteiger partial charge in [0.25, 0.3) is 0 Å². The Bertz CT molecular complexity index is 917. The number of esters is 1. The van der Waals surface area contributed by atoms with Gasteiger partial charge in [0.05, 0.1) is 11.4 Å². The second-order valence-electron chi connectivity index (χ2n) is 6.42. The number of aromatic nitrogens is 1. The minimum atomic E-state index is -0.457. The molecule has 1 N–H and O–H groups in total. The molecule has 2 rings (SSSR count). The maximum Gasteiger partial charge on any atom is 0.316 e. The molecule has 7 heteroatoms. The Morgan fingerprint density at radius 3 is 2.37 bits per heavy atom. The topological polar surface area (TPSA) is 76.2 Å². The Hall–Kier alpha value is -1.86. The number of carbonyl (C=O) groups excluding carboxylic acids is 3. The molecule has 0 aliphatic heterocycles. The fourth-order valence-electron chi connectivity index (χ4n) is 2.86. The van der Waals surface area contributed by atoms with Gasteiger partial charge in [0.15, 0.2) is 12.4 Å². The molecule has 1 aromatic heterocycles. The lowest BCUT2D eigenvalue weighted by Crippen LogP contribution is -2.16. The number of H-pyrrole nitrogens is 1. The highest BCUT2D eigenvalue weighted by Crippen LogP contribution is 2.28. The summed E-state index contributed by atoms with van der Waals surface area (Å²) in [7, 11) is 0. The van der Waals surface area contributed by atoms with Crippen molar-refractivity contribution in [3.63, 3.8) is 0 Å². The van der Waals surface area contributed by atoms with E-state index in [2.05, 4.69) is 20.9 Å². The number of aryl methyl sites for hydroxylation is 3. The summed E-state index contributed by atoms with van der Waals surface area (Å²) >= 11 is 4.86. The predicted octanol–water partition coefficient (Wildman–Crippen LogP) is 4.73. The summed E-state index contributed by atoms with van der Waals surface area (Å²) in [4.78, 5) is 39.9. The minimum absolute atomic E-state index is 0.103. The summed E-state index contributed by atoms with van der Waals surface area (Å²) in [6.07, 6.45) is 0. The standard InChI is InChI=1S/C20H22BrNO4S/c1-10-7-17(11(2)6-15(10)21)27-9-18(25)26-8-16(24)20-12(3)19(14(5)23)13(4)22-20/h6-7,22H,8-9H2,1-5H3. The van der Waals surface area contributed by atoms with E-state index in [0.29, 0.717) is 22.5 Å². The number of thioether (sulfide) groups is 1. The second-order valence-corrected chi connectivity index (χ2v) is 8.29. The van der Waals surface area contributed by atoms with Gasteiger partial charge in [0, 0.05) is 20.6 Å². The molecule has 0 saturated carbocycles. The van der Waals surface area contributed by atoms with Gasteiger partial charge in [-0.3, -0.25) is 14.4 Å². The van der Waals surface area contributed by atoms with E-state index in [9.17, 15) is 14.4 Å². The summed E-state index contributed by atoms with van der Waals surface area (Å²) in [6, 6.07) is 4.02. The molecule has 1 heterocycles. The van der Waals surface area contributed by atoms with E-state index in [1.165, 1.54) is 18.7 Å². The number of hydrogen-bond acceptors (Lipinski definition) is 5. The van der Waals surface area contributed by atoms with Crippen LogP contribution in [-0.2, 0) is 9.53 Å². The third-order valence-corrected chi connectivity index (χ3v) is 6.22. The van der Waals surface area contributed by atoms with Crippen molar-refractivity contribution in [3.05, 3.63) is 50.2 Å². The Morgan fingerprint density at radius 2 is 1.78 bits per heavy atom. The molecule has 0 unspecified atom stereocenters. The Labute approximate surface area is 171 Å². The van der Waals surface area contributed by atoms with Crippen LogP contribution in [0.2, 0.25) is 0 Å². The molecule has 0 aliphatic carbocycles. The maximum atomic E-state index is 12.3. The SMILES string of the molecule is CC(=O)c1c(C)[nH]c(C(=O)COC(=O)CSc2cc(C)c(Br)cc2C)c1C. The summed E-state index contributed by atoms with van der Waals surface area (Å²) in [5.41, 5.74) is 4.22. The number of aromatic amines is 1. The minimum Gasteiger partial charge on any atom is -0.457 e. The molecule has 0 amide bonds. The van der Waals surface area contributed by atoms with Gasteiger partial charge in [-0.1, -0.05) is 15.9 Å². The van der Waals surface area contributed by atoms with Crippen LogP contribution in [0.5, 0.6) is 0 Å². The van der Waals surface area contributed by atoms with Crippen molar-refractivity contribution in [3.8, 4) is 0 Å². The van der Waals surface area contributed by atoms with Crippen molar-refractivity contribution < 1.29 is 19.1 Å². The first-order valence-corrected chi connectivity index (χ1v) is 10.2. The zero-order valence-corrected chi connectivity index (χ0v) is 18.4. The van der Waals surface area contributed by atoms with Gasteiger partial charge in [-0.05, 0) is 63.4 Å². The van der Waals surface area contributed by atoms with Crippen LogP contribution >= 0.6 is 27.7 Å². The van der Waals surface area contributed by atoms with Crippen molar-refractivity contribution in [1.82, 2.24) is 4.98 Å². The van der Waals surface area contributed by atoms with Gasteiger partial charge < -0.3 is 9.72 Å². The predicted molar refractivity (Wildman–Crippen MR) is 110 cm³/mol. The van der Waals surface area contributed by atoms with E-state index in [4.69, 9.17) is 4.74 Å². The van der Waals surface area contributed by atoms with Crippen molar-refractivity contribution in [2.45, 2.75) is 39.5 Å². The van der Waals surface area contributed by atoms with Crippen LogP contribution in [0.15, 0.2) is 21.5 Å². The molecule has 0 aliphatic rings. The molecular weight excluding hydrogens is 430 g/mol. The smallest absolute Gasteiger partial charge is 0.316 e. The number of nitrogens with one attached hydrogen (secondary N) is 1. The van der Waals surface area contributed by atoms with Gasteiger partial charge >= 0.3 is 5.97 Å². The quantitative estimate of drug-likeness (QED) is 0.373. The lowest BCUT2D eigenvalue weighted by Gasteiger charge is -2.09. The van der Waals surface area contributed by atoms with E-state index >= 15 is 0 Å². The Kier molecular flexibility index (Phi) is 7.06. The molecule has 2 aromatic rings. The molecule has 27 heavy (non-hydrogen) atoms. The Balaban J connectivity index is 1.94. The number of ketones is 2. The van der Waals surface area contributed by atoms with Crippen LogP contribution < -0.4 is 0 Å². The third-order valence-electron chi connectivity index (χ3n) is 4.23. The van der Waals surface area contributed by atoms with Gasteiger partial charge in [-0.15, -0.1) is 11.8 Å². The third kappa shape index (κ3) is 5.11.